The summed E-state index contributed by atoms with van der Waals surface area (Å²) in [5.74, 6) is 0. The second-order valence-electron chi connectivity index (χ2n) is 5.51. The van der Waals surface area contributed by atoms with E-state index in [1.54, 1.807) is 0 Å². The summed E-state index contributed by atoms with van der Waals surface area (Å²) < 4.78 is 0. The van der Waals surface area contributed by atoms with E-state index in [-0.39, 0.29) is 5.41 Å². The lowest BCUT2D eigenvalue weighted by Gasteiger charge is -2.24. The molecule has 0 atom stereocenters. The molecule has 2 aromatic carbocycles. The third-order valence-corrected chi connectivity index (χ3v) is 4.29. The van der Waals surface area contributed by atoms with Crippen LogP contribution in [0.3, 0.4) is 0 Å². The molecule has 3 rings (SSSR count). The third kappa shape index (κ3) is 1.66. The molecule has 1 aliphatic rings. The minimum absolute atomic E-state index is 0.227. The zero-order valence-electron chi connectivity index (χ0n) is 10.8. The molecular weight excluding hydrogens is 220 g/mol. The number of hydrogen-bond acceptors (Lipinski definition) is 1. The quantitative estimate of drug-likeness (QED) is 0.718. The van der Waals surface area contributed by atoms with Crippen LogP contribution in [-0.4, -0.2) is 6.29 Å². The predicted molar refractivity (Wildman–Crippen MR) is 74.9 cm³/mol. The zero-order chi connectivity index (χ0) is 12.6. The van der Waals surface area contributed by atoms with Crippen LogP contribution in [0, 0.1) is 6.92 Å². The summed E-state index contributed by atoms with van der Waals surface area (Å²) >= 11 is 0. The topological polar surface area (TPSA) is 17.1 Å². The highest BCUT2D eigenvalue weighted by molar-refractivity contribution is 5.90. The minimum Gasteiger partial charge on any atom is -0.302 e. The molecule has 0 aromatic heterocycles. The first-order valence-corrected chi connectivity index (χ1v) is 6.71. The molecule has 0 unspecified atom stereocenters. The van der Waals surface area contributed by atoms with Crippen LogP contribution < -0.4 is 0 Å². The average molecular weight is 238 g/mol. The fraction of sp³-hybridized carbons (Fsp3) is 0.353. The van der Waals surface area contributed by atoms with Crippen molar-refractivity contribution in [3.63, 3.8) is 0 Å². The lowest BCUT2D eigenvalue weighted by Crippen LogP contribution is -2.24. The first-order valence-electron chi connectivity index (χ1n) is 6.71. The normalized spacial score (nSPS) is 18.1. The monoisotopic (exact) mass is 238 g/mol. The highest BCUT2D eigenvalue weighted by atomic mass is 16.1. The predicted octanol–water partition coefficient (Wildman–Crippen LogP) is 4.16. The SMILES string of the molecule is Cc1ccc2c(C3(C=O)CCCC3)cccc2c1. The largest absolute Gasteiger partial charge is 0.302 e. The van der Waals surface area contributed by atoms with E-state index in [0.29, 0.717) is 0 Å². The van der Waals surface area contributed by atoms with Crippen molar-refractivity contribution in [1.82, 2.24) is 0 Å². The molecule has 92 valence electrons. The van der Waals surface area contributed by atoms with Crippen molar-refractivity contribution in [3.05, 3.63) is 47.5 Å². The molecule has 0 saturated heterocycles. The van der Waals surface area contributed by atoms with Gasteiger partial charge in [0.2, 0.25) is 0 Å². The van der Waals surface area contributed by atoms with Gasteiger partial charge in [0, 0.05) is 0 Å². The molecule has 0 heterocycles. The number of aryl methyl sites for hydroxylation is 1. The summed E-state index contributed by atoms with van der Waals surface area (Å²) in [6.45, 7) is 2.11. The van der Waals surface area contributed by atoms with Gasteiger partial charge in [0.1, 0.15) is 6.29 Å². The molecule has 0 radical (unpaired) electrons. The Morgan fingerprint density at radius 3 is 2.61 bits per heavy atom. The van der Waals surface area contributed by atoms with Gasteiger partial charge in [-0.05, 0) is 36.1 Å². The molecule has 0 spiro atoms. The van der Waals surface area contributed by atoms with E-state index >= 15 is 0 Å². The van der Waals surface area contributed by atoms with Crippen LogP contribution in [-0.2, 0) is 10.2 Å². The van der Waals surface area contributed by atoms with Gasteiger partial charge in [-0.1, -0.05) is 54.8 Å². The Kier molecular flexibility index (Phi) is 2.70. The number of benzene rings is 2. The van der Waals surface area contributed by atoms with Gasteiger partial charge in [-0.2, -0.15) is 0 Å². The van der Waals surface area contributed by atoms with Crippen molar-refractivity contribution < 1.29 is 4.79 Å². The third-order valence-electron chi connectivity index (χ3n) is 4.29. The second-order valence-corrected chi connectivity index (χ2v) is 5.51. The van der Waals surface area contributed by atoms with Gasteiger partial charge in [-0.3, -0.25) is 0 Å². The van der Waals surface area contributed by atoms with Crippen molar-refractivity contribution in [3.8, 4) is 0 Å². The Morgan fingerprint density at radius 1 is 1.11 bits per heavy atom. The van der Waals surface area contributed by atoms with E-state index in [1.807, 2.05) is 0 Å². The van der Waals surface area contributed by atoms with Gasteiger partial charge in [0.05, 0.1) is 5.41 Å². The number of rotatable bonds is 2. The molecule has 0 amide bonds. The molecule has 0 bridgehead atoms. The van der Waals surface area contributed by atoms with E-state index < -0.39 is 0 Å². The molecule has 1 nitrogen and oxygen atoms in total. The van der Waals surface area contributed by atoms with Crippen LogP contribution in [0.15, 0.2) is 36.4 Å². The number of fused-ring (bicyclic) bond motifs is 1. The van der Waals surface area contributed by atoms with E-state index in [9.17, 15) is 4.79 Å². The fourth-order valence-electron chi connectivity index (χ4n) is 3.29. The Bertz CT molecular complexity index is 592. The summed E-state index contributed by atoms with van der Waals surface area (Å²) in [4.78, 5) is 11.6. The molecule has 2 aromatic rings. The van der Waals surface area contributed by atoms with Crippen LogP contribution in [0.5, 0.6) is 0 Å². The van der Waals surface area contributed by atoms with Crippen LogP contribution in [0.2, 0.25) is 0 Å². The van der Waals surface area contributed by atoms with E-state index in [0.717, 1.165) is 12.8 Å². The van der Waals surface area contributed by atoms with Crippen LogP contribution in [0.4, 0.5) is 0 Å². The molecular formula is C17H18O. The number of hydrogen-bond donors (Lipinski definition) is 0. The summed E-state index contributed by atoms with van der Waals surface area (Å²) in [5, 5.41) is 2.50. The average Bonchev–Trinajstić information content (AvgIpc) is 2.87. The number of carbonyl (C=O) groups is 1. The maximum atomic E-state index is 11.6. The lowest BCUT2D eigenvalue weighted by atomic mass is 9.78. The van der Waals surface area contributed by atoms with Crippen molar-refractivity contribution in [2.75, 3.05) is 0 Å². The van der Waals surface area contributed by atoms with Crippen molar-refractivity contribution in [2.24, 2.45) is 0 Å². The van der Waals surface area contributed by atoms with E-state index in [2.05, 4.69) is 43.3 Å². The molecule has 0 N–H and O–H groups in total. The maximum absolute atomic E-state index is 11.6. The second kappa shape index (κ2) is 4.24. The first-order chi connectivity index (χ1) is 8.75. The lowest BCUT2D eigenvalue weighted by molar-refractivity contribution is -0.112. The van der Waals surface area contributed by atoms with Gasteiger partial charge in [0.25, 0.3) is 0 Å². The van der Waals surface area contributed by atoms with Crippen LogP contribution in [0.25, 0.3) is 10.8 Å². The standard InChI is InChI=1S/C17H18O/c1-13-7-8-15-14(11-13)5-4-6-16(15)17(12-18)9-2-3-10-17/h4-8,11-12H,2-3,9-10H2,1H3. The first kappa shape index (κ1) is 11.5. The van der Waals surface area contributed by atoms with Gasteiger partial charge < -0.3 is 4.79 Å². The zero-order valence-corrected chi connectivity index (χ0v) is 10.8. The van der Waals surface area contributed by atoms with E-state index in [1.165, 1.54) is 41.0 Å². The van der Waals surface area contributed by atoms with Crippen molar-refractivity contribution in [1.29, 1.82) is 0 Å². The Balaban J connectivity index is 2.25. The van der Waals surface area contributed by atoms with Crippen molar-refractivity contribution >= 4 is 17.1 Å². The highest BCUT2D eigenvalue weighted by Crippen LogP contribution is 2.42. The molecule has 1 fully saturated rings. The van der Waals surface area contributed by atoms with Gasteiger partial charge in [0.15, 0.2) is 0 Å². The molecule has 1 aliphatic carbocycles. The minimum atomic E-state index is -0.227. The van der Waals surface area contributed by atoms with Gasteiger partial charge in [-0.25, -0.2) is 0 Å². The smallest absolute Gasteiger partial charge is 0.130 e. The summed E-state index contributed by atoms with van der Waals surface area (Å²) in [7, 11) is 0. The molecule has 18 heavy (non-hydrogen) atoms. The van der Waals surface area contributed by atoms with Crippen LogP contribution in [0.1, 0.15) is 36.8 Å². The molecule has 1 saturated carbocycles. The molecule has 0 aliphatic heterocycles. The Labute approximate surface area is 108 Å². The summed E-state index contributed by atoms with van der Waals surface area (Å²) in [6, 6.07) is 12.9. The molecule has 1 heteroatoms. The van der Waals surface area contributed by atoms with Gasteiger partial charge in [-0.15, -0.1) is 0 Å². The summed E-state index contributed by atoms with van der Waals surface area (Å²) in [6.07, 6.45) is 5.53. The number of carbonyl (C=O) groups excluding carboxylic acids is 1. The van der Waals surface area contributed by atoms with E-state index in [4.69, 9.17) is 0 Å². The Hall–Kier alpha value is -1.63. The fourth-order valence-corrected chi connectivity index (χ4v) is 3.29. The number of aldehydes is 1. The van der Waals surface area contributed by atoms with Crippen molar-refractivity contribution in [2.45, 2.75) is 38.0 Å². The highest BCUT2D eigenvalue weighted by Gasteiger charge is 2.36. The maximum Gasteiger partial charge on any atom is 0.130 e. The Morgan fingerprint density at radius 2 is 1.89 bits per heavy atom. The summed E-state index contributed by atoms with van der Waals surface area (Å²) in [5.41, 5.74) is 2.27. The van der Waals surface area contributed by atoms with Crippen LogP contribution >= 0.6 is 0 Å². The van der Waals surface area contributed by atoms with Gasteiger partial charge >= 0.3 is 0 Å².